The molecule has 6 nitrogen and oxygen atoms in total. The minimum Gasteiger partial charge on any atom is -0.494 e. The van der Waals surface area contributed by atoms with Gasteiger partial charge in [0.05, 0.1) is 7.11 Å². The Balaban J connectivity index is 1.38. The molecule has 7 heteroatoms. The average molecular weight is 385 g/mol. The summed E-state index contributed by atoms with van der Waals surface area (Å²) in [7, 11) is 1.49. The van der Waals surface area contributed by atoms with E-state index in [1.165, 1.54) is 20.0 Å². The average Bonchev–Trinajstić information content (AvgIpc) is 3.23. The third-order valence-electron chi connectivity index (χ3n) is 5.54. The minimum atomic E-state index is -0.301. The lowest BCUT2D eigenvalue weighted by molar-refractivity contribution is 0.249. The molecule has 4 rings (SSSR count). The molecule has 0 unspecified atom stereocenters. The van der Waals surface area contributed by atoms with Crippen molar-refractivity contribution >= 4 is 11.8 Å². The monoisotopic (exact) mass is 385 g/mol. The maximum Gasteiger partial charge on any atom is 0.227 e. The Kier molecular flexibility index (Phi) is 5.62. The van der Waals surface area contributed by atoms with Crippen LogP contribution in [-0.2, 0) is 6.54 Å². The summed E-state index contributed by atoms with van der Waals surface area (Å²) in [6, 6.07) is 7.28. The van der Waals surface area contributed by atoms with Crippen LogP contribution in [0.5, 0.6) is 5.75 Å². The number of benzene rings is 1. The van der Waals surface area contributed by atoms with Crippen LogP contribution >= 0.6 is 0 Å². The minimum absolute atomic E-state index is 0.293. The Labute approximate surface area is 165 Å². The van der Waals surface area contributed by atoms with Gasteiger partial charge in [-0.25, -0.2) is 9.37 Å². The second kappa shape index (κ2) is 8.31. The van der Waals surface area contributed by atoms with E-state index in [0.29, 0.717) is 5.75 Å². The van der Waals surface area contributed by atoms with Crippen LogP contribution in [0.4, 0.5) is 16.2 Å². The maximum atomic E-state index is 13.9. The lowest BCUT2D eigenvalue weighted by Crippen LogP contribution is -2.46. The topological polar surface area (TPSA) is 44.7 Å². The molecule has 0 aliphatic carbocycles. The Bertz CT molecular complexity index is 816. The van der Waals surface area contributed by atoms with Gasteiger partial charge < -0.3 is 14.5 Å². The molecule has 0 radical (unpaired) electrons. The number of nitrogens with zero attached hydrogens (tertiary/aromatic N) is 5. The zero-order valence-electron chi connectivity index (χ0n) is 16.7. The smallest absolute Gasteiger partial charge is 0.227 e. The second-order valence-electron chi connectivity index (χ2n) is 7.59. The van der Waals surface area contributed by atoms with Gasteiger partial charge in [-0.1, -0.05) is 6.07 Å². The fourth-order valence-corrected chi connectivity index (χ4v) is 3.96. The summed E-state index contributed by atoms with van der Waals surface area (Å²) in [5.41, 5.74) is 1.99. The molecule has 2 saturated heterocycles. The summed E-state index contributed by atoms with van der Waals surface area (Å²) in [6.07, 6.45) is 2.44. The predicted octanol–water partition coefficient (Wildman–Crippen LogP) is 2.86. The van der Waals surface area contributed by atoms with Crippen LogP contribution in [0.2, 0.25) is 0 Å². The third kappa shape index (κ3) is 4.19. The summed E-state index contributed by atoms with van der Waals surface area (Å²) in [6.45, 7) is 8.56. The zero-order chi connectivity index (χ0) is 19.5. The van der Waals surface area contributed by atoms with Crippen molar-refractivity contribution in [1.29, 1.82) is 0 Å². The van der Waals surface area contributed by atoms with E-state index >= 15 is 0 Å². The summed E-state index contributed by atoms with van der Waals surface area (Å²) >= 11 is 0. The molecule has 0 amide bonds. The van der Waals surface area contributed by atoms with Crippen LogP contribution in [0.15, 0.2) is 24.3 Å². The molecular formula is C21H28FN5O. The van der Waals surface area contributed by atoms with E-state index in [2.05, 4.69) is 25.8 Å². The van der Waals surface area contributed by atoms with E-state index in [4.69, 9.17) is 9.72 Å². The van der Waals surface area contributed by atoms with E-state index in [-0.39, 0.29) is 5.82 Å². The van der Waals surface area contributed by atoms with Gasteiger partial charge in [0.25, 0.3) is 0 Å². The van der Waals surface area contributed by atoms with Gasteiger partial charge in [0.15, 0.2) is 11.6 Å². The van der Waals surface area contributed by atoms with Gasteiger partial charge in [-0.05, 0) is 37.5 Å². The van der Waals surface area contributed by atoms with Gasteiger partial charge in [-0.15, -0.1) is 0 Å². The highest BCUT2D eigenvalue weighted by Gasteiger charge is 2.21. The standard InChI is InChI=1S/C21H28FN5O/c1-16-13-20(24-21(23-16)27-7-3-4-8-27)26-11-9-25(10-12-26)15-17-5-6-19(28-2)18(22)14-17/h5-6,13-14H,3-4,7-12,15H2,1-2H3. The first-order valence-electron chi connectivity index (χ1n) is 10.0. The van der Waals surface area contributed by atoms with Crippen LogP contribution in [0.3, 0.4) is 0 Å². The van der Waals surface area contributed by atoms with Crippen molar-refractivity contribution in [3.63, 3.8) is 0 Å². The molecule has 2 aromatic rings. The van der Waals surface area contributed by atoms with Crippen LogP contribution in [0.1, 0.15) is 24.1 Å². The number of hydrogen-bond donors (Lipinski definition) is 0. The number of aromatic nitrogens is 2. The van der Waals surface area contributed by atoms with Crippen LogP contribution in [0, 0.1) is 12.7 Å². The van der Waals surface area contributed by atoms with E-state index in [1.54, 1.807) is 12.1 Å². The van der Waals surface area contributed by atoms with Crippen molar-refractivity contribution in [2.24, 2.45) is 0 Å². The first-order chi connectivity index (χ1) is 13.6. The molecule has 2 aliphatic heterocycles. The number of ether oxygens (including phenoxy) is 1. The molecule has 0 spiro atoms. The number of anilines is 2. The summed E-state index contributed by atoms with van der Waals surface area (Å²) in [5, 5.41) is 0. The van der Waals surface area contributed by atoms with Gasteiger partial charge in [0, 0.05) is 57.6 Å². The second-order valence-corrected chi connectivity index (χ2v) is 7.59. The fourth-order valence-electron chi connectivity index (χ4n) is 3.96. The van der Waals surface area contributed by atoms with E-state index in [9.17, 15) is 4.39 Å². The molecular weight excluding hydrogens is 357 g/mol. The maximum absolute atomic E-state index is 13.9. The fraction of sp³-hybridized carbons (Fsp3) is 0.524. The van der Waals surface area contributed by atoms with Gasteiger partial charge in [-0.3, -0.25) is 4.90 Å². The van der Waals surface area contributed by atoms with E-state index in [1.807, 2.05) is 13.0 Å². The first kappa shape index (κ1) is 18.9. The number of hydrogen-bond acceptors (Lipinski definition) is 6. The summed E-state index contributed by atoms with van der Waals surface area (Å²) in [4.78, 5) is 16.4. The number of piperazine rings is 1. The molecule has 2 aliphatic rings. The molecule has 150 valence electrons. The third-order valence-corrected chi connectivity index (χ3v) is 5.54. The highest BCUT2D eigenvalue weighted by molar-refractivity contribution is 5.46. The normalized spacial score (nSPS) is 18.0. The van der Waals surface area contributed by atoms with Crippen LogP contribution in [0.25, 0.3) is 0 Å². The largest absolute Gasteiger partial charge is 0.494 e. The molecule has 0 bridgehead atoms. The molecule has 0 N–H and O–H groups in total. The lowest BCUT2D eigenvalue weighted by Gasteiger charge is -2.35. The number of halogens is 1. The quantitative estimate of drug-likeness (QED) is 0.789. The molecule has 0 saturated carbocycles. The molecule has 1 aromatic heterocycles. The summed E-state index contributed by atoms with van der Waals surface area (Å²) < 4.78 is 18.9. The van der Waals surface area contributed by atoms with E-state index in [0.717, 1.165) is 68.8 Å². The van der Waals surface area contributed by atoms with Crippen molar-refractivity contribution in [2.75, 3.05) is 56.2 Å². The van der Waals surface area contributed by atoms with Gasteiger partial charge in [0.2, 0.25) is 5.95 Å². The first-order valence-corrected chi connectivity index (χ1v) is 10.0. The van der Waals surface area contributed by atoms with Gasteiger partial charge in [-0.2, -0.15) is 4.98 Å². The Morgan fingerprint density at radius 2 is 1.71 bits per heavy atom. The molecule has 2 fully saturated rings. The Hall–Kier alpha value is -2.41. The van der Waals surface area contributed by atoms with Crippen molar-refractivity contribution in [1.82, 2.24) is 14.9 Å². The van der Waals surface area contributed by atoms with Crippen molar-refractivity contribution in [2.45, 2.75) is 26.3 Å². The highest BCUT2D eigenvalue weighted by Crippen LogP contribution is 2.23. The van der Waals surface area contributed by atoms with Crippen LogP contribution in [-0.4, -0.2) is 61.2 Å². The molecule has 28 heavy (non-hydrogen) atoms. The zero-order valence-corrected chi connectivity index (χ0v) is 16.7. The van der Waals surface area contributed by atoms with Crippen LogP contribution < -0.4 is 14.5 Å². The van der Waals surface area contributed by atoms with Crippen molar-refractivity contribution in [3.8, 4) is 5.75 Å². The Morgan fingerprint density at radius 3 is 2.39 bits per heavy atom. The van der Waals surface area contributed by atoms with Crippen molar-refractivity contribution < 1.29 is 9.13 Å². The van der Waals surface area contributed by atoms with E-state index < -0.39 is 0 Å². The Morgan fingerprint density at radius 1 is 0.964 bits per heavy atom. The highest BCUT2D eigenvalue weighted by atomic mass is 19.1. The van der Waals surface area contributed by atoms with Gasteiger partial charge >= 0.3 is 0 Å². The SMILES string of the molecule is COc1ccc(CN2CCN(c3cc(C)nc(N4CCCC4)n3)CC2)cc1F. The summed E-state index contributed by atoms with van der Waals surface area (Å²) in [5.74, 6) is 1.87. The molecule has 3 heterocycles. The number of aryl methyl sites for hydroxylation is 1. The number of methoxy groups -OCH3 is 1. The number of rotatable bonds is 5. The lowest BCUT2D eigenvalue weighted by atomic mass is 10.2. The van der Waals surface area contributed by atoms with Gasteiger partial charge in [0.1, 0.15) is 5.82 Å². The molecule has 0 atom stereocenters. The van der Waals surface area contributed by atoms with Crippen molar-refractivity contribution in [3.05, 3.63) is 41.3 Å². The predicted molar refractivity (Wildman–Crippen MR) is 109 cm³/mol. The molecule has 1 aromatic carbocycles.